The Morgan fingerprint density at radius 2 is 1.82 bits per heavy atom. The monoisotopic (exact) mass is 330 g/mol. The third-order valence-electron chi connectivity index (χ3n) is 3.74. The van der Waals surface area contributed by atoms with Gasteiger partial charge in [0, 0.05) is 17.7 Å². The van der Waals surface area contributed by atoms with Crippen LogP contribution in [0.3, 0.4) is 0 Å². The van der Waals surface area contributed by atoms with Crippen molar-refractivity contribution in [3.05, 3.63) is 29.3 Å². The zero-order valence-corrected chi connectivity index (χ0v) is 13.0. The topological polar surface area (TPSA) is 34.1 Å². The molecular formula is C16H17F3O2S. The summed E-state index contributed by atoms with van der Waals surface area (Å²) < 4.78 is 38.5. The van der Waals surface area contributed by atoms with E-state index in [1.165, 1.54) is 24.8 Å². The largest absolute Gasteiger partial charge is 0.416 e. The predicted molar refractivity (Wildman–Crippen MR) is 78.9 cm³/mol. The fourth-order valence-corrected chi connectivity index (χ4v) is 3.68. The molecule has 120 valence electrons. The average molecular weight is 330 g/mol. The minimum absolute atomic E-state index is 0.0269. The molecule has 0 aromatic heterocycles. The lowest BCUT2D eigenvalue weighted by molar-refractivity contribution is -0.138. The van der Waals surface area contributed by atoms with Crippen molar-refractivity contribution < 1.29 is 22.8 Å². The lowest BCUT2D eigenvalue weighted by Crippen LogP contribution is -2.22. The summed E-state index contributed by atoms with van der Waals surface area (Å²) in [5.74, 6) is 0.585. The highest BCUT2D eigenvalue weighted by Crippen LogP contribution is 2.35. The number of benzene rings is 1. The predicted octanol–water partition coefficient (Wildman–Crippen LogP) is 4.43. The number of Topliss-reactive ketones (excluding diaryl/α,β-unsaturated/α-hetero) is 2. The van der Waals surface area contributed by atoms with Crippen LogP contribution in [0, 0.1) is 12.8 Å². The van der Waals surface area contributed by atoms with Gasteiger partial charge in [-0.05, 0) is 42.7 Å². The normalized spacial score (nSPS) is 17.1. The number of halogens is 3. The van der Waals surface area contributed by atoms with E-state index in [9.17, 15) is 22.8 Å². The first-order valence-electron chi connectivity index (χ1n) is 7.09. The van der Waals surface area contributed by atoms with Gasteiger partial charge in [-0.25, -0.2) is 0 Å². The average Bonchev–Trinajstić information content (AvgIpc) is 2.38. The Kier molecular flexibility index (Phi) is 5.32. The number of alkyl halides is 3. The fraction of sp³-hybridized carbons (Fsp3) is 0.500. The molecule has 22 heavy (non-hydrogen) atoms. The van der Waals surface area contributed by atoms with Crippen LogP contribution in [0.25, 0.3) is 0 Å². The van der Waals surface area contributed by atoms with Crippen molar-refractivity contribution in [3.63, 3.8) is 0 Å². The number of carbonyl (C=O) groups excluding carboxylic acids is 2. The Bertz CT molecular complexity index is 565. The van der Waals surface area contributed by atoms with Gasteiger partial charge in [0.15, 0.2) is 0 Å². The number of rotatable bonds is 4. The van der Waals surface area contributed by atoms with E-state index in [-0.39, 0.29) is 29.5 Å². The first kappa shape index (κ1) is 17.1. The van der Waals surface area contributed by atoms with Crippen molar-refractivity contribution >= 4 is 23.3 Å². The van der Waals surface area contributed by atoms with Crippen LogP contribution in [0.2, 0.25) is 0 Å². The molecule has 1 aromatic carbocycles. The van der Waals surface area contributed by atoms with E-state index >= 15 is 0 Å². The summed E-state index contributed by atoms with van der Waals surface area (Å²) in [6, 6.07) is 4.31. The van der Waals surface area contributed by atoms with Crippen LogP contribution in [0.5, 0.6) is 0 Å². The number of hydrogen-bond donors (Lipinski definition) is 0. The van der Waals surface area contributed by atoms with Crippen LogP contribution in [-0.4, -0.2) is 17.3 Å². The Morgan fingerprint density at radius 1 is 1.18 bits per heavy atom. The Labute approximate surface area is 131 Å². The molecular weight excluding hydrogens is 313 g/mol. The van der Waals surface area contributed by atoms with Crippen LogP contribution in [0.1, 0.15) is 36.8 Å². The second-order valence-electron chi connectivity index (χ2n) is 5.64. The smallest absolute Gasteiger partial charge is 0.299 e. The number of carbonyl (C=O) groups is 2. The fourth-order valence-electron chi connectivity index (χ4n) is 2.62. The third kappa shape index (κ3) is 4.60. The lowest BCUT2D eigenvalue weighted by Gasteiger charge is -2.19. The van der Waals surface area contributed by atoms with Gasteiger partial charge < -0.3 is 0 Å². The summed E-state index contributed by atoms with van der Waals surface area (Å²) in [4.78, 5) is 23.3. The molecule has 2 rings (SSSR count). The van der Waals surface area contributed by atoms with Crippen LogP contribution >= 0.6 is 11.8 Å². The zero-order chi connectivity index (χ0) is 16.3. The van der Waals surface area contributed by atoms with Gasteiger partial charge in [0.05, 0.1) is 12.0 Å². The van der Waals surface area contributed by atoms with Crippen LogP contribution in [0.15, 0.2) is 23.1 Å². The molecule has 0 spiro atoms. The summed E-state index contributed by atoms with van der Waals surface area (Å²) in [5.41, 5.74) is -0.402. The van der Waals surface area contributed by atoms with Gasteiger partial charge in [-0.1, -0.05) is 6.07 Å². The molecule has 0 saturated heterocycles. The highest BCUT2D eigenvalue weighted by molar-refractivity contribution is 7.99. The first-order valence-corrected chi connectivity index (χ1v) is 8.08. The maximum atomic E-state index is 12.8. The van der Waals surface area contributed by atoms with Crippen molar-refractivity contribution in [2.45, 2.75) is 43.7 Å². The molecule has 1 aliphatic carbocycles. The van der Waals surface area contributed by atoms with Gasteiger partial charge in [0.25, 0.3) is 0 Å². The molecule has 1 aliphatic rings. The van der Waals surface area contributed by atoms with Crippen molar-refractivity contribution in [1.82, 2.24) is 0 Å². The summed E-state index contributed by atoms with van der Waals surface area (Å²) >= 11 is 1.33. The minimum atomic E-state index is -4.34. The van der Waals surface area contributed by atoms with Crippen molar-refractivity contribution in [2.24, 2.45) is 5.92 Å². The summed E-state index contributed by atoms with van der Waals surface area (Å²) in [6.45, 7) is 1.44. The number of aryl methyl sites for hydroxylation is 1. The van der Waals surface area contributed by atoms with Gasteiger partial charge in [0.2, 0.25) is 0 Å². The van der Waals surface area contributed by atoms with Gasteiger partial charge in [-0.3, -0.25) is 9.59 Å². The Balaban J connectivity index is 1.92. The molecule has 0 amide bonds. The number of ketones is 2. The van der Waals surface area contributed by atoms with Gasteiger partial charge in [0.1, 0.15) is 11.6 Å². The van der Waals surface area contributed by atoms with Crippen LogP contribution in [-0.2, 0) is 15.8 Å². The van der Waals surface area contributed by atoms with E-state index in [0.717, 1.165) is 6.07 Å². The lowest BCUT2D eigenvalue weighted by atomic mass is 9.86. The van der Waals surface area contributed by atoms with E-state index < -0.39 is 11.7 Å². The van der Waals surface area contributed by atoms with E-state index in [4.69, 9.17) is 0 Å². The van der Waals surface area contributed by atoms with Crippen LogP contribution in [0.4, 0.5) is 13.2 Å². The highest BCUT2D eigenvalue weighted by Gasteiger charge is 2.32. The molecule has 0 atom stereocenters. The molecule has 0 N–H and O–H groups in total. The Hall–Kier alpha value is -1.30. The molecule has 0 heterocycles. The first-order chi connectivity index (χ1) is 10.3. The summed E-state index contributed by atoms with van der Waals surface area (Å²) in [7, 11) is 0. The molecule has 1 saturated carbocycles. The minimum Gasteiger partial charge on any atom is -0.299 e. The molecule has 0 radical (unpaired) electrons. The standard InChI is InChI=1S/C16H17F3O2S/c1-10-2-3-14(9-15(10)16(17,18)19)22-5-4-11-6-12(20)8-13(21)7-11/h2-3,9,11H,4-8H2,1H3. The number of hydrogen-bond acceptors (Lipinski definition) is 3. The maximum absolute atomic E-state index is 12.8. The third-order valence-corrected chi connectivity index (χ3v) is 4.76. The molecule has 1 fully saturated rings. The second kappa shape index (κ2) is 6.86. The van der Waals surface area contributed by atoms with E-state index in [0.29, 0.717) is 29.9 Å². The SMILES string of the molecule is Cc1ccc(SCCC2CC(=O)CC(=O)C2)cc1C(F)(F)F. The molecule has 0 unspecified atom stereocenters. The van der Waals surface area contributed by atoms with E-state index in [2.05, 4.69) is 0 Å². The van der Waals surface area contributed by atoms with Crippen LogP contribution < -0.4 is 0 Å². The molecule has 6 heteroatoms. The second-order valence-corrected chi connectivity index (χ2v) is 6.81. The van der Waals surface area contributed by atoms with E-state index in [1.807, 2.05) is 0 Å². The molecule has 1 aromatic rings. The highest BCUT2D eigenvalue weighted by atomic mass is 32.2. The molecule has 2 nitrogen and oxygen atoms in total. The summed E-state index contributed by atoms with van der Waals surface area (Å²) in [6.07, 6.45) is -2.82. The molecule has 0 bridgehead atoms. The Morgan fingerprint density at radius 3 is 2.41 bits per heavy atom. The number of thioether (sulfide) groups is 1. The van der Waals surface area contributed by atoms with E-state index in [1.54, 1.807) is 6.07 Å². The van der Waals surface area contributed by atoms with Gasteiger partial charge in [-0.2, -0.15) is 13.2 Å². The quantitative estimate of drug-likeness (QED) is 0.605. The summed E-state index contributed by atoms with van der Waals surface area (Å²) in [5, 5.41) is 0. The van der Waals surface area contributed by atoms with Gasteiger partial charge >= 0.3 is 6.18 Å². The zero-order valence-electron chi connectivity index (χ0n) is 12.2. The van der Waals surface area contributed by atoms with Crippen molar-refractivity contribution in [1.29, 1.82) is 0 Å². The molecule has 0 aliphatic heterocycles. The van der Waals surface area contributed by atoms with Gasteiger partial charge in [-0.15, -0.1) is 11.8 Å². The maximum Gasteiger partial charge on any atom is 0.416 e. The van der Waals surface area contributed by atoms with Crippen molar-refractivity contribution in [3.8, 4) is 0 Å². The van der Waals surface area contributed by atoms with Crippen molar-refractivity contribution in [2.75, 3.05) is 5.75 Å².